The fraction of sp³-hybridized carbons (Fsp3) is 0.542. The summed E-state index contributed by atoms with van der Waals surface area (Å²) in [4.78, 5) is 4.45. The largest absolute Gasteiger partial charge is 0.497 e. The lowest BCUT2D eigenvalue weighted by Gasteiger charge is -2.43. The summed E-state index contributed by atoms with van der Waals surface area (Å²) < 4.78 is 10.6. The molecule has 294 valence electrons. The number of ether oxygens (including phenoxy) is 2. The van der Waals surface area contributed by atoms with Crippen LogP contribution >= 0.6 is 0 Å². The van der Waals surface area contributed by atoms with Crippen LogP contribution in [0.4, 0.5) is 0 Å². The lowest BCUT2D eigenvalue weighted by molar-refractivity contribution is -0.0432. The Morgan fingerprint density at radius 3 is 1.63 bits per heavy atom. The van der Waals surface area contributed by atoms with Gasteiger partial charge in [-0.3, -0.25) is 0 Å². The third kappa shape index (κ3) is 10.3. The molecule has 4 unspecified atom stereocenters. The van der Waals surface area contributed by atoms with Gasteiger partial charge in [-0.2, -0.15) is 0 Å². The molecule has 3 aliphatic carbocycles. The molecular weight excluding hydrogens is 669 g/mol. The van der Waals surface area contributed by atoms with Gasteiger partial charge in [0.15, 0.2) is 0 Å². The van der Waals surface area contributed by atoms with Crippen LogP contribution in [0.5, 0.6) is 11.5 Å². The van der Waals surface area contributed by atoms with Crippen molar-refractivity contribution >= 4 is 12.2 Å². The van der Waals surface area contributed by atoms with Gasteiger partial charge in [-0.15, -0.1) is 0 Å². The Morgan fingerprint density at radius 1 is 0.630 bits per heavy atom. The van der Waals surface area contributed by atoms with Crippen LogP contribution in [0.3, 0.4) is 0 Å². The predicted molar refractivity (Wildman–Crippen MR) is 225 cm³/mol. The van der Waals surface area contributed by atoms with Crippen LogP contribution in [0, 0.1) is 24.7 Å². The maximum atomic E-state index is 12.3. The Balaban J connectivity index is 0.000000208. The highest BCUT2D eigenvalue weighted by Crippen LogP contribution is 2.49. The molecular formula is C48H68N2O4. The molecule has 3 aromatic rings. The number of rotatable bonds is 10. The van der Waals surface area contributed by atoms with Gasteiger partial charge in [0.05, 0.1) is 19.8 Å². The van der Waals surface area contributed by atoms with Crippen molar-refractivity contribution in [3.63, 3.8) is 0 Å². The second kappa shape index (κ2) is 19.4. The zero-order valence-electron chi connectivity index (χ0n) is 34.3. The van der Waals surface area contributed by atoms with Crippen molar-refractivity contribution in [2.75, 3.05) is 55.5 Å². The van der Waals surface area contributed by atoms with Gasteiger partial charge in [0.2, 0.25) is 0 Å². The summed E-state index contributed by atoms with van der Waals surface area (Å²) in [6.07, 6.45) is 18.1. The number of aliphatic hydroxyl groups is 2. The summed E-state index contributed by atoms with van der Waals surface area (Å²) in [5.74, 6) is 2.63. The van der Waals surface area contributed by atoms with E-state index in [4.69, 9.17) is 9.47 Å². The molecule has 3 aromatic carbocycles. The maximum absolute atomic E-state index is 12.3. The number of nitrogens with zero attached hydrogens (tertiary/aromatic N) is 2. The van der Waals surface area contributed by atoms with E-state index in [2.05, 4.69) is 106 Å². The first-order chi connectivity index (χ1) is 26.0. The van der Waals surface area contributed by atoms with E-state index in [1.165, 1.54) is 55.2 Å². The molecule has 0 saturated heterocycles. The highest BCUT2D eigenvalue weighted by atomic mass is 16.5. The predicted octanol–water partition coefficient (Wildman–Crippen LogP) is 9.78. The molecule has 3 fully saturated rings. The molecule has 0 heterocycles. The van der Waals surface area contributed by atoms with Gasteiger partial charge < -0.3 is 29.5 Å². The van der Waals surface area contributed by atoms with Crippen LogP contribution in [0.2, 0.25) is 0 Å². The number of methoxy groups -OCH3 is 2. The first-order valence-electron chi connectivity index (χ1n) is 20.5. The van der Waals surface area contributed by atoms with E-state index in [0.29, 0.717) is 11.8 Å². The normalized spacial score (nSPS) is 26.7. The third-order valence-corrected chi connectivity index (χ3v) is 12.2. The molecule has 3 saturated carbocycles. The molecule has 0 aliphatic heterocycles. The number of benzene rings is 3. The minimum atomic E-state index is -0.952. The first kappa shape index (κ1) is 41.7. The van der Waals surface area contributed by atoms with E-state index in [0.717, 1.165) is 79.8 Å². The number of hydrogen-bond acceptors (Lipinski definition) is 6. The summed E-state index contributed by atoms with van der Waals surface area (Å²) in [6, 6.07) is 24.7. The second-order valence-corrected chi connectivity index (χ2v) is 16.7. The van der Waals surface area contributed by atoms with E-state index < -0.39 is 11.2 Å². The van der Waals surface area contributed by atoms with Crippen LogP contribution in [0.1, 0.15) is 99.3 Å². The molecule has 6 rings (SSSR count). The van der Waals surface area contributed by atoms with Gasteiger partial charge in [-0.1, -0.05) is 91.9 Å². The van der Waals surface area contributed by atoms with Crippen molar-refractivity contribution in [3.8, 4) is 11.5 Å². The fourth-order valence-corrected chi connectivity index (χ4v) is 9.53. The third-order valence-electron chi connectivity index (χ3n) is 12.2. The molecule has 0 spiro atoms. The topological polar surface area (TPSA) is 65.4 Å². The molecule has 4 atom stereocenters. The fourth-order valence-electron chi connectivity index (χ4n) is 9.53. The number of aryl methyl sites for hydroxylation is 1. The van der Waals surface area contributed by atoms with Crippen LogP contribution in [0.15, 0.2) is 83.9 Å². The smallest absolute Gasteiger partial charge is 0.118 e. The minimum Gasteiger partial charge on any atom is -0.497 e. The monoisotopic (exact) mass is 737 g/mol. The van der Waals surface area contributed by atoms with E-state index in [1.807, 2.05) is 24.3 Å². The Bertz CT molecular complexity index is 1660. The number of hydrogen-bond donors (Lipinski definition) is 2. The average molecular weight is 737 g/mol. The van der Waals surface area contributed by atoms with Crippen molar-refractivity contribution in [2.24, 2.45) is 17.8 Å². The summed E-state index contributed by atoms with van der Waals surface area (Å²) in [5.41, 5.74) is 5.24. The zero-order chi connectivity index (χ0) is 38.7. The minimum absolute atomic E-state index is 0.163. The Labute approximate surface area is 326 Å². The summed E-state index contributed by atoms with van der Waals surface area (Å²) in [5, 5.41) is 24.4. The maximum Gasteiger partial charge on any atom is 0.118 e. The molecule has 6 nitrogen and oxygen atoms in total. The highest BCUT2D eigenvalue weighted by molar-refractivity contribution is 5.59. The van der Waals surface area contributed by atoms with Gasteiger partial charge in [0.25, 0.3) is 0 Å². The highest BCUT2D eigenvalue weighted by Gasteiger charge is 2.48. The van der Waals surface area contributed by atoms with Crippen molar-refractivity contribution in [1.29, 1.82) is 0 Å². The van der Waals surface area contributed by atoms with Crippen molar-refractivity contribution in [3.05, 3.63) is 106 Å². The second-order valence-electron chi connectivity index (χ2n) is 16.7. The van der Waals surface area contributed by atoms with Gasteiger partial charge in [0, 0.05) is 24.9 Å². The van der Waals surface area contributed by atoms with E-state index in [-0.39, 0.29) is 5.92 Å². The van der Waals surface area contributed by atoms with E-state index in [1.54, 1.807) is 14.2 Å². The summed E-state index contributed by atoms with van der Waals surface area (Å²) >= 11 is 0. The van der Waals surface area contributed by atoms with Crippen LogP contribution in [-0.4, -0.2) is 81.1 Å². The SMILES string of the molecule is COc1ccc(C=C2CCCCC(CN(C)C)C2(O)C2CCCC2)cc1.COc1ccc(C=C2CCCCC(CN(C)C)C2(O)c2cccc(C)c2)cc1. The first-order valence-corrected chi connectivity index (χ1v) is 20.5. The van der Waals surface area contributed by atoms with Crippen molar-refractivity contribution < 1.29 is 19.7 Å². The van der Waals surface area contributed by atoms with Crippen LogP contribution < -0.4 is 9.47 Å². The summed E-state index contributed by atoms with van der Waals surface area (Å²) in [6.45, 7) is 3.93. The standard InChI is InChI=1S/C25H33NO2.C23H35NO2/c1-19-8-7-11-21(16-19)25(27)22(9-5-6-10-23(25)18-26(2)3)17-20-12-14-24(28-4)15-13-20;1-24(2)17-21-11-7-6-10-20(23(21,25)19-8-4-5-9-19)16-18-12-14-22(26-3)15-13-18/h7-8,11-17,23,27H,5-6,9-10,18H2,1-4H3;12-16,19,21,25H,4-11,17H2,1-3H3. The Morgan fingerprint density at radius 2 is 1.11 bits per heavy atom. The van der Waals surface area contributed by atoms with Crippen molar-refractivity contribution in [1.82, 2.24) is 9.80 Å². The van der Waals surface area contributed by atoms with Gasteiger partial charge >= 0.3 is 0 Å². The molecule has 0 bridgehead atoms. The molecule has 3 aliphatic rings. The summed E-state index contributed by atoms with van der Waals surface area (Å²) in [7, 11) is 11.8. The lowest BCUT2D eigenvalue weighted by Crippen LogP contribution is -2.49. The Kier molecular flexibility index (Phi) is 15.0. The molecule has 0 radical (unpaired) electrons. The molecule has 6 heteroatoms. The molecule has 2 N–H and O–H groups in total. The quantitative estimate of drug-likeness (QED) is 0.202. The van der Waals surface area contributed by atoms with E-state index in [9.17, 15) is 10.2 Å². The van der Waals surface area contributed by atoms with Crippen LogP contribution in [-0.2, 0) is 5.60 Å². The van der Waals surface area contributed by atoms with E-state index >= 15 is 0 Å². The van der Waals surface area contributed by atoms with Gasteiger partial charge in [-0.05, 0) is 145 Å². The van der Waals surface area contributed by atoms with Crippen LogP contribution in [0.25, 0.3) is 12.2 Å². The lowest BCUT2D eigenvalue weighted by atomic mass is 9.69. The van der Waals surface area contributed by atoms with Gasteiger partial charge in [-0.25, -0.2) is 0 Å². The Hall–Kier alpha value is -3.42. The zero-order valence-corrected chi connectivity index (χ0v) is 34.3. The average Bonchev–Trinajstić information content (AvgIpc) is 3.62. The molecule has 0 aromatic heterocycles. The van der Waals surface area contributed by atoms with Crippen molar-refractivity contribution in [2.45, 2.75) is 95.2 Å². The molecule has 0 amide bonds. The molecule has 54 heavy (non-hydrogen) atoms. The van der Waals surface area contributed by atoms with Gasteiger partial charge in [0.1, 0.15) is 17.1 Å².